The summed E-state index contributed by atoms with van der Waals surface area (Å²) in [5.74, 6) is 5.73. The van der Waals surface area contributed by atoms with Crippen molar-refractivity contribution in [2.45, 2.75) is 25.3 Å². The van der Waals surface area contributed by atoms with Crippen molar-refractivity contribution in [2.75, 3.05) is 11.9 Å². The number of nitrogens with one attached hydrogen (secondary N) is 2. The Kier molecular flexibility index (Phi) is 4.67. The van der Waals surface area contributed by atoms with Crippen LogP contribution in [0.2, 0.25) is 5.02 Å². The molecule has 0 spiro atoms. The first-order valence-corrected chi connectivity index (χ1v) is 6.53. The first-order chi connectivity index (χ1) is 9.19. The Hall–Kier alpha value is -1.70. The van der Waals surface area contributed by atoms with Gasteiger partial charge in [-0.2, -0.15) is 0 Å². The van der Waals surface area contributed by atoms with Crippen LogP contribution >= 0.6 is 11.6 Å². The molecule has 0 saturated heterocycles. The molecule has 0 heterocycles. The summed E-state index contributed by atoms with van der Waals surface area (Å²) in [7, 11) is 0. The minimum Gasteiger partial charge on any atom is -0.395 e. The van der Waals surface area contributed by atoms with E-state index in [0.29, 0.717) is 28.7 Å². The van der Waals surface area contributed by atoms with Gasteiger partial charge in [0.1, 0.15) is 0 Å². The molecular formula is C14H15ClN2O2. The van der Waals surface area contributed by atoms with E-state index in [9.17, 15) is 4.79 Å². The third-order valence-electron chi connectivity index (χ3n) is 2.60. The summed E-state index contributed by atoms with van der Waals surface area (Å²) in [4.78, 5) is 11.7. The van der Waals surface area contributed by atoms with Gasteiger partial charge in [0, 0.05) is 23.0 Å². The van der Waals surface area contributed by atoms with Crippen LogP contribution in [-0.4, -0.2) is 23.8 Å². The van der Waals surface area contributed by atoms with Crippen LogP contribution in [0.4, 0.5) is 10.5 Å². The molecule has 0 atom stereocenters. The molecule has 0 radical (unpaired) electrons. The van der Waals surface area contributed by atoms with Crippen molar-refractivity contribution in [3.05, 3.63) is 28.8 Å². The number of aliphatic hydroxyl groups is 1. The first kappa shape index (κ1) is 13.7. The maximum Gasteiger partial charge on any atom is 0.319 e. The maximum absolute atomic E-state index is 11.7. The molecule has 0 aromatic heterocycles. The zero-order valence-electron chi connectivity index (χ0n) is 10.4. The van der Waals surface area contributed by atoms with Gasteiger partial charge in [-0.1, -0.05) is 23.4 Å². The van der Waals surface area contributed by atoms with E-state index < -0.39 is 0 Å². The normalized spacial score (nSPS) is 13.4. The lowest BCUT2D eigenvalue weighted by atomic mass is 10.2. The van der Waals surface area contributed by atoms with Crippen LogP contribution < -0.4 is 10.6 Å². The zero-order valence-corrected chi connectivity index (χ0v) is 11.1. The van der Waals surface area contributed by atoms with E-state index in [1.54, 1.807) is 18.2 Å². The van der Waals surface area contributed by atoms with Crippen LogP contribution in [0, 0.1) is 11.8 Å². The van der Waals surface area contributed by atoms with Gasteiger partial charge in [-0.3, -0.25) is 0 Å². The molecule has 0 bridgehead atoms. The molecule has 1 saturated carbocycles. The number of rotatable bonds is 3. The number of halogens is 1. The Bertz CT molecular complexity index is 530. The van der Waals surface area contributed by atoms with Crippen molar-refractivity contribution < 1.29 is 9.90 Å². The molecule has 1 aliphatic carbocycles. The lowest BCUT2D eigenvalue weighted by Crippen LogP contribution is -2.30. The van der Waals surface area contributed by atoms with Gasteiger partial charge in [0.15, 0.2) is 0 Å². The number of hydrogen-bond donors (Lipinski definition) is 3. The Labute approximate surface area is 117 Å². The van der Waals surface area contributed by atoms with Crippen molar-refractivity contribution in [1.82, 2.24) is 5.32 Å². The number of aliphatic hydroxyl groups excluding tert-OH is 1. The molecular weight excluding hydrogens is 264 g/mol. The van der Waals surface area contributed by atoms with Gasteiger partial charge in [0.2, 0.25) is 0 Å². The fourth-order valence-electron chi connectivity index (χ4n) is 1.51. The number of carbonyl (C=O) groups excluding carboxylic acids is 1. The molecule has 3 N–H and O–H groups in total. The van der Waals surface area contributed by atoms with E-state index in [1.165, 1.54) is 0 Å². The average Bonchev–Trinajstić information content (AvgIpc) is 3.16. The molecule has 19 heavy (non-hydrogen) atoms. The number of carbonyl (C=O) groups is 1. The number of benzene rings is 1. The highest BCUT2D eigenvalue weighted by molar-refractivity contribution is 6.31. The predicted molar refractivity (Wildman–Crippen MR) is 75.2 cm³/mol. The van der Waals surface area contributed by atoms with E-state index in [0.717, 1.165) is 12.8 Å². The second-order valence-electron chi connectivity index (χ2n) is 4.34. The number of urea groups is 1. The fraction of sp³-hybridized carbons (Fsp3) is 0.357. The van der Waals surface area contributed by atoms with Crippen LogP contribution in [0.1, 0.15) is 24.8 Å². The minimum atomic E-state index is -0.241. The van der Waals surface area contributed by atoms with Gasteiger partial charge in [0.25, 0.3) is 0 Å². The summed E-state index contributed by atoms with van der Waals surface area (Å²) in [6.07, 6.45) is 2.47. The van der Waals surface area contributed by atoms with Crippen LogP contribution in [-0.2, 0) is 0 Å². The van der Waals surface area contributed by atoms with Crippen molar-refractivity contribution in [2.24, 2.45) is 0 Å². The molecule has 0 aliphatic heterocycles. The second kappa shape index (κ2) is 6.46. The van der Waals surface area contributed by atoms with E-state index in [1.807, 2.05) is 0 Å². The van der Waals surface area contributed by atoms with Gasteiger partial charge in [0.05, 0.1) is 12.3 Å². The van der Waals surface area contributed by atoms with Crippen molar-refractivity contribution in [3.8, 4) is 11.8 Å². The Morgan fingerprint density at radius 1 is 1.47 bits per heavy atom. The van der Waals surface area contributed by atoms with E-state index in [4.69, 9.17) is 16.7 Å². The Morgan fingerprint density at radius 3 is 2.95 bits per heavy atom. The molecule has 2 rings (SSSR count). The van der Waals surface area contributed by atoms with Crippen LogP contribution in [0.3, 0.4) is 0 Å². The van der Waals surface area contributed by atoms with Gasteiger partial charge in [-0.25, -0.2) is 4.79 Å². The van der Waals surface area contributed by atoms with E-state index in [2.05, 4.69) is 22.5 Å². The average molecular weight is 279 g/mol. The molecule has 1 aliphatic rings. The molecule has 5 heteroatoms. The van der Waals surface area contributed by atoms with Crippen molar-refractivity contribution in [1.29, 1.82) is 0 Å². The minimum absolute atomic E-state index is 0.0194. The third kappa shape index (κ3) is 4.47. The van der Waals surface area contributed by atoms with Gasteiger partial charge < -0.3 is 15.7 Å². The number of hydrogen-bond acceptors (Lipinski definition) is 2. The summed E-state index contributed by atoms with van der Waals surface area (Å²) >= 11 is 5.92. The van der Waals surface area contributed by atoms with E-state index >= 15 is 0 Å². The summed E-state index contributed by atoms with van der Waals surface area (Å²) < 4.78 is 0. The van der Waals surface area contributed by atoms with Crippen LogP contribution in [0.25, 0.3) is 0 Å². The summed E-state index contributed by atoms with van der Waals surface area (Å²) in [5, 5.41) is 14.8. The van der Waals surface area contributed by atoms with E-state index in [-0.39, 0.29) is 12.6 Å². The first-order valence-electron chi connectivity index (χ1n) is 6.16. The largest absolute Gasteiger partial charge is 0.395 e. The van der Waals surface area contributed by atoms with Crippen LogP contribution in [0.5, 0.6) is 0 Å². The van der Waals surface area contributed by atoms with Crippen LogP contribution in [0.15, 0.2) is 18.2 Å². The number of amides is 2. The molecule has 100 valence electrons. The maximum atomic E-state index is 11.7. The highest BCUT2D eigenvalue weighted by Gasteiger charge is 2.23. The second-order valence-corrected chi connectivity index (χ2v) is 4.77. The quantitative estimate of drug-likeness (QED) is 0.743. The lowest BCUT2D eigenvalue weighted by molar-refractivity contribution is 0.251. The Balaban J connectivity index is 2.09. The molecule has 0 unspecified atom stereocenters. The summed E-state index contributed by atoms with van der Waals surface area (Å²) in [6.45, 7) is 0.0194. The highest BCUT2D eigenvalue weighted by Crippen LogP contribution is 2.22. The molecule has 1 aromatic carbocycles. The monoisotopic (exact) mass is 278 g/mol. The predicted octanol–water partition coefficient (Wildman–Crippen LogP) is 2.36. The summed E-state index contributed by atoms with van der Waals surface area (Å²) in [5.41, 5.74) is 1.26. The zero-order chi connectivity index (χ0) is 13.7. The molecule has 1 aromatic rings. The highest BCUT2D eigenvalue weighted by atomic mass is 35.5. The number of anilines is 1. The third-order valence-corrected chi connectivity index (χ3v) is 2.84. The summed E-state index contributed by atoms with van der Waals surface area (Å²) in [6, 6.07) is 5.18. The van der Waals surface area contributed by atoms with Gasteiger partial charge in [-0.15, -0.1) is 0 Å². The van der Waals surface area contributed by atoms with Gasteiger partial charge in [-0.05, 0) is 31.0 Å². The van der Waals surface area contributed by atoms with Gasteiger partial charge >= 0.3 is 6.03 Å². The topological polar surface area (TPSA) is 61.4 Å². The smallest absolute Gasteiger partial charge is 0.319 e. The molecule has 2 amide bonds. The Morgan fingerprint density at radius 2 is 2.26 bits per heavy atom. The fourth-order valence-corrected chi connectivity index (χ4v) is 1.69. The lowest BCUT2D eigenvalue weighted by Gasteiger charge is -2.09. The standard InChI is InChI=1S/C14H15ClN2O2/c15-11-5-4-10(3-1-2-8-18)13(9-11)17-14(19)16-12-6-7-12/h4-5,9,12,18H,2,6-8H2,(H2,16,17,19). The SMILES string of the molecule is O=C(Nc1cc(Cl)ccc1C#CCCO)NC1CC1. The molecule has 4 nitrogen and oxygen atoms in total. The van der Waals surface area contributed by atoms with Crippen molar-refractivity contribution >= 4 is 23.3 Å². The van der Waals surface area contributed by atoms with Crippen molar-refractivity contribution in [3.63, 3.8) is 0 Å². The molecule has 1 fully saturated rings.